The fraction of sp³-hybridized carbons (Fsp3) is 0.462. The summed E-state index contributed by atoms with van der Waals surface area (Å²) in [6.07, 6.45) is -8.60. The van der Waals surface area contributed by atoms with Gasteiger partial charge in [-0.1, -0.05) is 6.07 Å². The number of hydrogen-bond acceptors (Lipinski definition) is 2. The number of hydrogen-bond donors (Lipinski definition) is 1. The van der Waals surface area contributed by atoms with Crippen LogP contribution in [0.15, 0.2) is 35.5 Å². The summed E-state index contributed by atoms with van der Waals surface area (Å²) in [7, 11) is 0. The molecule has 1 aromatic rings. The van der Waals surface area contributed by atoms with Crippen molar-refractivity contribution in [3.63, 3.8) is 0 Å². The van der Waals surface area contributed by atoms with Gasteiger partial charge in [-0.3, -0.25) is 4.98 Å². The summed E-state index contributed by atoms with van der Waals surface area (Å²) in [4.78, 5) is 3.97. The molecule has 0 aliphatic carbocycles. The summed E-state index contributed by atoms with van der Waals surface area (Å²) in [5, 5.41) is 2.44. The number of alkyl halides is 6. The minimum atomic E-state index is -5.01. The molecule has 1 saturated heterocycles. The Morgan fingerprint density at radius 1 is 1.00 bits per heavy atom. The third-order valence-electron chi connectivity index (χ3n) is 3.90. The van der Waals surface area contributed by atoms with E-state index >= 15 is 0 Å². The molecule has 0 amide bonds. The van der Waals surface area contributed by atoms with E-state index in [1.165, 1.54) is 12.3 Å². The van der Waals surface area contributed by atoms with Crippen LogP contribution in [0.3, 0.4) is 0 Å². The third kappa shape index (κ3) is 2.31. The van der Waals surface area contributed by atoms with Gasteiger partial charge in [-0.25, -0.2) is 0 Å². The predicted molar refractivity (Wildman–Crippen MR) is 61.4 cm³/mol. The molecule has 114 valence electrons. The van der Waals surface area contributed by atoms with Gasteiger partial charge in [0.25, 0.3) is 0 Å². The lowest BCUT2D eigenvalue weighted by Gasteiger charge is -2.27. The van der Waals surface area contributed by atoms with Gasteiger partial charge in [-0.2, -0.15) is 26.3 Å². The molecule has 0 aromatic carbocycles. The van der Waals surface area contributed by atoms with Crippen molar-refractivity contribution in [1.29, 1.82) is 0 Å². The molecule has 1 aromatic heterocycles. The van der Waals surface area contributed by atoms with Crippen LogP contribution in [0.2, 0.25) is 0 Å². The third-order valence-corrected chi connectivity index (χ3v) is 3.90. The van der Waals surface area contributed by atoms with Crippen molar-refractivity contribution in [1.82, 2.24) is 10.3 Å². The molecule has 1 fully saturated rings. The Balaban J connectivity index is 2.06. The Morgan fingerprint density at radius 2 is 1.67 bits per heavy atom. The highest BCUT2D eigenvalue weighted by Crippen LogP contribution is 2.52. The molecule has 2 nitrogen and oxygen atoms in total. The molecule has 21 heavy (non-hydrogen) atoms. The van der Waals surface area contributed by atoms with Gasteiger partial charge in [-0.05, 0) is 18.6 Å². The van der Waals surface area contributed by atoms with Gasteiger partial charge >= 0.3 is 12.4 Å². The smallest absolute Gasteiger partial charge is 0.302 e. The second-order valence-corrected chi connectivity index (χ2v) is 5.12. The zero-order valence-corrected chi connectivity index (χ0v) is 10.5. The molecule has 3 heterocycles. The van der Waals surface area contributed by atoms with Gasteiger partial charge < -0.3 is 5.32 Å². The van der Waals surface area contributed by atoms with E-state index in [1.807, 2.05) is 0 Å². The number of aromatic nitrogens is 1. The van der Waals surface area contributed by atoms with E-state index in [2.05, 4.69) is 10.3 Å². The molecular formula is C13H10F6N2. The quantitative estimate of drug-likeness (QED) is 0.636. The maximum atomic E-state index is 13.1. The SMILES string of the molecule is FC(F)(F)C1=C(C(F)(F)F)C2NC1CC2c1ccccn1. The number of pyridine rings is 1. The van der Waals surface area contributed by atoms with Crippen molar-refractivity contribution in [2.24, 2.45) is 0 Å². The lowest BCUT2D eigenvalue weighted by Crippen LogP contribution is -2.33. The maximum absolute atomic E-state index is 13.1. The van der Waals surface area contributed by atoms with E-state index < -0.39 is 41.5 Å². The van der Waals surface area contributed by atoms with Crippen LogP contribution in [0.5, 0.6) is 0 Å². The van der Waals surface area contributed by atoms with Crippen LogP contribution < -0.4 is 5.32 Å². The molecule has 2 aliphatic rings. The van der Waals surface area contributed by atoms with Gasteiger partial charge in [0.1, 0.15) is 0 Å². The molecule has 0 radical (unpaired) electrons. The monoisotopic (exact) mass is 308 g/mol. The lowest BCUT2D eigenvalue weighted by atomic mass is 9.81. The Hall–Kier alpha value is -1.57. The van der Waals surface area contributed by atoms with E-state index in [4.69, 9.17) is 0 Å². The average molecular weight is 308 g/mol. The zero-order chi connectivity index (χ0) is 15.4. The molecule has 2 bridgehead atoms. The number of halogens is 6. The Bertz CT molecular complexity index is 575. The standard InChI is InChI=1S/C13H10F6N2/c14-12(15,16)9-8-5-6(7-3-1-2-4-20-7)11(21-8)10(9)13(17,18)19/h1-4,6,8,11,21H,5H2. The minimum Gasteiger partial charge on any atom is -0.302 e. The van der Waals surface area contributed by atoms with Crippen LogP contribution in [-0.4, -0.2) is 29.4 Å². The van der Waals surface area contributed by atoms with E-state index in [0.717, 1.165) is 0 Å². The minimum absolute atomic E-state index is 0.0316. The number of nitrogens with zero attached hydrogens (tertiary/aromatic N) is 1. The number of rotatable bonds is 1. The van der Waals surface area contributed by atoms with Crippen molar-refractivity contribution < 1.29 is 26.3 Å². The molecule has 8 heteroatoms. The summed E-state index contributed by atoms with van der Waals surface area (Å²) in [6.45, 7) is 0. The van der Waals surface area contributed by atoms with Crippen LogP contribution >= 0.6 is 0 Å². The van der Waals surface area contributed by atoms with Crippen molar-refractivity contribution in [2.75, 3.05) is 0 Å². The van der Waals surface area contributed by atoms with Crippen molar-refractivity contribution in [2.45, 2.75) is 36.8 Å². The lowest BCUT2D eigenvalue weighted by molar-refractivity contribution is -0.118. The molecule has 1 N–H and O–H groups in total. The van der Waals surface area contributed by atoms with Gasteiger partial charge in [0, 0.05) is 29.9 Å². The van der Waals surface area contributed by atoms with E-state index in [-0.39, 0.29) is 6.42 Å². The topological polar surface area (TPSA) is 24.9 Å². The summed E-state index contributed by atoms with van der Waals surface area (Å²) < 4.78 is 78.0. The highest BCUT2D eigenvalue weighted by molar-refractivity contribution is 5.44. The second-order valence-electron chi connectivity index (χ2n) is 5.12. The average Bonchev–Trinajstić information content (AvgIpc) is 2.95. The summed E-state index contributed by atoms with van der Waals surface area (Å²) >= 11 is 0. The normalized spacial score (nSPS) is 29.3. The Morgan fingerprint density at radius 3 is 2.19 bits per heavy atom. The highest BCUT2D eigenvalue weighted by atomic mass is 19.4. The van der Waals surface area contributed by atoms with Crippen molar-refractivity contribution in [3.8, 4) is 0 Å². The number of nitrogens with one attached hydrogen (secondary N) is 1. The van der Waals surface area contributed by atoms with Crippen LogP contribution in [0, 0.1) is 0 Å². The first-order chi connectivity index (χ1) is 9.69. The van der Waals surface area contributed by atoms with Crippen LogP contribution in [0.25, 0.3) is 0 Å². The first-order valence-electron chi connectivity index (χ1n) is 6.25. The van der Waals surface area contributed by atoms with Gasteiger partial charge in [0.05, 0.1) is 11.1 Å². The van der Waals surface area contributed by atoms with Gasteiger partial charge in [-0.15, -0.1) is 0 Å². The summed E-state index contributed by atoms with van der Waals surface area (Å²) in [5.74, 6) is -0.695. The van der Waals surface area contributed by atoms with Crippen molar-refractivity contribution >= 4 is 0 Å². The highest BCUT2D eigenvalue weighted by Gasteiger charge is 2.60. The second kappa shape index (κ2) is 4.46. The summed E-state index contributed by atoms with van der Waals surface area (Å²) in [6, 6.07) is 2.04. The fourth-order valence-corrected chi connectivity index (χ4v) is 3.20. The van der Waals surface area contributed by atoms with E-state index in [0.29, 0.717) is 5.69 Å². The molecule has 0 saturated carbocycles. The molecular weight excluding hydrogens is 298 g/mol. The predicted octanol–water partition coefficient (Wildman–Crippen LogP) is 3.33. The van der Waals surface area contributed by atoms with Crippen LogP contribution in [0.4, 0.5) is 26.3 Å². The van der Waals surface area contributed by atoms with Gasteiger partial charge in [0.2, 0.25) is 0 Å². The fourth-order valence-electron chi connectivity index (χ4n) is 3.20. The molecule has 3 atom stereocenters. The van der Waals surface area contributed by atoms with Crippen LogP contribution in [-0.2, 0) is 0 Å². The Labute approximate surface area is 115 Å². The van der Waals surface area contributed by atoms with Crippen LogP contribution in [0.1, 0.15) is 18.0 Å². The molecule has 3 unspecified atom stereocenters. The zero-order valence-electron chi connectivity index (χ0n) is 10.5. The van der Waals surface area contributed by atoms with E-state index in [1.54, 1.807) is 12.1 Å². The van der Waals surface area contributed by atoms with Crippen molar-refractivity contribution in [3.05, 3.63) is 41.2 Å². The summed E-state index contributed by atoms with van der Waals surface area (Å²) in [5.41, 5.74) is -2.60. The first kappa shape index (κ1) is 14.4. The first-order valence-corrected chi connectivity index (χ1v) is 6.25. The van der Waals surface area contributed by atoms with E-state index in [9.17, 15) is 26.3 Å². The largest absolute Gasteiger partial charge is 0.414 e. The molecule has 3 rings (SSSR count). The van der Waals surface area contributed by atoms with Gasteiger partial charge in [0.15, 0.2) is 0 Å². The maximum Gasteiger partial charge on any atom is 0.414 e. The molecule has 0 spiro atoms. The number of fused-ring (bicyclic) bond motifs is 2. The molecule has 2 aliphatic heterocycles. The Kier molecular flexibility index (Phi) is 3.05.